The monoisotopic (exact) mass is 230 g/mol. The van der Waals surface area contributed by atoms with Gasteiger partial charge in [-0.15, -0.1) is 0 Å². The normalized spacial score (nSPS) is 10.2. The van der Waals surface area contributed by atoms with Gasteiger partial charge in [0.15, 0.2) is 5.76 Å². The van der Waals surface area contributed by atoms with Crippen LogP contribution >= 0.6 is 0 Å². The first-order valence-electron chi connectivity index (χ1n) is 5.29. The van der Waals surface area contributed by atoms with Gasteiger partial charge in [0.25, 0.3) is 5.91 Å². The number of aryl methyl sites for hydroxylation is 2. The third-order valence-electron chi connectivity index (χ3n) is 2.57. The lowest BCUT2D eigenvalue weighted by Crippen LogP contribution is -2.13. The van der Waals surface area contributed by atoms with Gasteiger partial charge in [0.2, 0.25) is 0 Å². The molecular weight excluding hydrogens is 216 g/mol. The summed E-state index contributed by atoms with van der Waals surface area (Å²) in [7, 11) is 0. The predicted octanol–water partition coefficient (Wildman–Crippen LogP) is 2.73. The largest absolute Gasteiger partial charge is 0.459 e. The molecule has 0 bridgehead atoms. The van der Waals surface area contributed by atoms with Crippen LogP contribution in [0.15, 0.2) is 34.9 Å². The molecule has 4 heteroatoms. The highest BCUT2D eigenvalue weighted by molar-refractivity contribution is 6.03. The molecule has 0 aliphatic rings. The van der Waals surface area contributed by atoms with Gasteiger partial charge in [0, 0.05) is 16.9 Å². The first kappa shape index (κ1) is 11.3. The van der Waals surface area contributed by atoms with E-state index in [1.165, 1.54) is 6.26 Å². The van der Waals surface area contributed by atoms with Crippen LogP contribution in [0.1, 0.15) is 21.7 Å². The number of nitrogens with two attached hydrogens (primary N) is 1. The lowest BCUT2D eigenvalue weighted by Gasteiger charge is -2.08. The van der Waals surface area contributed by atoms with E-state index in [4.69, 9.17) is 10.2 Å². The summed E-state index contributed by atoms with van der Waals surface area (Å²) in [5.41, 5.74) is 8.79. The quantitative estimate of drug-likeness (QED) is 0.779. The summed E-state index contributed by atoms with van der Waals surface area (Å²) in [6, 6.07) is 7.09. The molecule has 1 heterocycles. The highest BCUT2D eigenvalue weighted by Gasteiger charge is 2.13. The zero-order valence-corrected chi connectivity index (χ0v) is 9.78. The van der Waals surface area contributed by atoms with Gasteiger partial charge >= 0.3 is 0 Å². The molecule has 0 radical (unpaired) electrons. The Morgan fingerprint density at radius 1 is 1.24 bits per heavy atom. The minimum Gasteiger partial charge on any atom is -0.459 e. The third kappa shape index (κ3) is 2.30. The van der Waals surface area contributed by atoms with Crippen molar-refractivity contribution >= 4 is 17.3 Å². The van der Waals surface area contributed by atoms with Crippen LogP contribution in [0.2, 0.25) is 0 Å². The Bertz CT molecular complexity index is 558. The Balaban J connectivity index is 2.22. The zero-order chi connectivity index (χ0) is 12.4. The molecule has 0 spiro atoms. The highest BCUT2D eigenvalue weighted by atomic mass is 16.3. The molecule has 0 saturated heterocycles. The van der Waals surface area contributed by atoms with Gasteiger partial charge in [-0.1, -0.05) is 0 Å². The summed E-state index contributed by atoms with van der Waals surface area (Å²) in [6.45, 7) is 3.72. The van der Waals surface area contributed by atoms with Gasteiger partial charge in [-0.25, -0.2) is 0 Å². The van der Waals surface area contributed by atoms with Crippen molar-refractivity contribution in [3.63, 3.8) is 0 Å². The van der Waals surface area contributed by atoms with E-state index in [1.54, 1.807) is 18.2 Å². The number of hydrogen-bond donors (Lipinski definition) is 2. The smallest absolute Gasteiger partial charge is 0.291 e. The fraction of sp³-hybridized carbons (Fsp3) is 0.154. The molecule has 3 N–H and O–H groups in total. The van der Waals surface area contributed by atoms with Crippen molar-refractivity contribution in [1.29, 1.82) is 0 Å². The summed E-state index contributed by atoms with van der Waals surface area (Å²) in [5, 5.41) is 2.79. The summed E-state index contributed by atoms with van der Waals surface area (Å²) in [4.78, 5) is 11.9. The molecule has 0 aliphatic carbocycles. The summed E-state index contributed by atoms with van der Waals surface area (Å²) in [6.07, 6.45) is 1.50. The number of carbonyl (C=O) groups is 1. The standard InChI is InChI=1S/C13H14N2O2/c1-8-5-6-17-12(8)13(16)15-11-4-3-10(14)7-9(11)2/h3-7H,14H2,1-2H3,(H,15,16). The Labute approximate surface area is 99.4 Å². The molecule has 0 unspecified atom stereocenters. The van der Waals surface area contributed by atoms with Crippen molar-refractivity contribution in [1.82, 2.24) is 0 Å². The fourth-order valence-electron chi connectivity index (χ4n) is 1.61. The molecule has 88 valence electrons. The molecule has 1 amide bonds. The van der Waals surface area contributed by atoms with Crippen LogP contribution < -0.4 is 11.1 Å². The van der Waals surface area contributed by atoms with E-state index < -0.39 is 0 Å². The van der Waals surface area contributed by atoms with E-state index in [2.05, 4.69) is 5.32 Å². The van der Waals surface area contributed by atoms with Crippen LogP contribution in [-0.2, 0) is 0 Å². The van der Waals surface area contributed by atoms with E-state index in [1.807, 2.05) is 19.9 Å². The van der Waals surface area contributed by atoms with Gasteiger partial charge in [-0.2, -0.15) is 0 Å². The molecule has 1 aromatic heterocycles. The molecule has 0 fully saturated rings. The van der Waals surface area contributed by atoms with Crippen molar-refractivity contribution in [3.8, 4) is 0 Å². The topological polar surface area (TPSA) is 68.3 Å². The average Bonchev–Trinajstić information content (AvgIpc) is 2.68. The minimum atomic E-state index is -0.250. The second-order valence-corrected chi connectivity index (χ2v) is 3.96. The van der Waals surface area contributed by atoms with Crippen LogP contribution in [0.25, 0.3) is 0 Å². The molecule has 2 rings (SSSR count). The number of benzene rings is 1. The molecule has 2 aromatic rings. The second-order valence-electron chi connectivity index (χ2n) is 3.96. The molecule has 4 nitrogen and oxygen atoms in total. The lowest BCUT2D eigenvalue weighted by molar-refractivity contribution is 0.0996. The zero-order valence-electron chi connectivity index (χ0n) is 9.78. The highest BCUT2D eigenvalue weighted by Crippen LogP contribution is 2.19. The number of amides is 1. The summed E-state index contributed by atoms with van der Waals surface area (Å²) < 4.78 is 5.13. The van der Waals surface area contributed by atoms with E-state index >= 15 is 0 Å². The number of carbonyl (C=O) groups excluding carboxylic acids is 1. The number of furan rings is 1. The number of hydrogen-bond acceptors (Lipinski definition) is 3. The molecule has 17 heavy (non-hydrogen) atoms. The first-order chi connectivity index (χ1) is 8.08. The fourth-order valence-corrected chi connectivity index (χ4v) is 1.61. The molecule has 0 atom stereocenters. The van der Waals surface area contributed by atoms with Gasteiger partial charge in [0.05, 0.1) is 6.26 Å². The van der Waals surface area contributed by atoms with Gasteiger partial charge < -0.3 is 15.5 Å². The van der Waals surface area contributed by atoms with Crippen LogP contribution in [0.3, 0.4) is 0 Å². The molecule has 1 aromatic carbocycles. The number of anilines is 2. The van der Waals surface area contributed by atoms with Crippen molar-refractivity contribution in [2.24, 2.45) is 0 Å². The maximum atomic E-state index is 11.9. The first-order valence-corrected chi connectivity index (χ1v) is 5.29. The van der Waals surface area contributed by atoms with E-state index in [9.17, 15) is 4.79 Å². The van der Waals surface area contributed by atoms with Crippen molar-refractivity contribution in [2.75, 3.05) is 11.1 Å². The maximum absolute atomic E-state index is 11.9. The van der Waals surface area contributed by atoms with E-state index in [-0.39, 0.29) is 5.91 Å². The number of rotatable bonds is 2. The molecule has 0 aliphatic heterocycles. The average molecular weight is 230 g/mol. The van der Waals surface area contributed by atoms with E-state index in [0.717, 1.165) is 16.8 Å². The Morgan fingerprint density at radius 2 is 2.00 bits per heavy atom. The Hall–Kier alpha value is -2.23. The van der Waals surface area contributed by atoms with Crippen LogP contribution in [-0.4, -0.2) is 5.91 Å². The molecule has 0 saturated carbocycles. The molecular formula is C13H14N2O2. The predicted molar refractivity (Wildman–Crippen MR) is 67.0 cm³/mol. The van der Waals surface area contributed by atoms with Crippen molar-refractivity contribution in [2.45, 2.75) is 13.8 Å². The number of nitrogens with one attached hydrogen (secondary N) is 1. The van der Waals surface area contributed by atoms with E-state index in [0.29, 0.717) is 11.4 Å². The third-order valence-corrected chi connectivity index (χ3v) is 2.57. The van der Waals surface area contributed by atoms with Gasteiger partial charge in [0.1, 0.15) is 0 Å². The second kappa shape index (κ2) is 4.33. The van der Waals surface area contributed by atoms with Crippen molar-refractivity contribution in [3.05, 3.63) is 47.4 Å². The Morgan fingerprint density at radius 3 is 2.59 bits per heavy atom. The van der Waals surface area contributed by atoms with Gasteiger partial charge in [-0.3, -0.25) is 4.79 Å². The SMILES string of the molecule is Cc1cc(N)ccc1NC(=O)c1occc1C. The lowest BCUT2D eigenvalue weighted by atomic mass is 10.1. The van der Waals surface area contributed by atoms with Gasteiger partial charge in [-0.05, 0) is 43.7 Å². The van der Waals surface area contributed by atoms with Crippen LogP contribution in [0, 0.1) is 13.8 Å². The maximum Gasteiger partial charge on any atom is 0.291 e. The van der Waals surface area contributed by atoms with Crippen LogP contribution in [0.4, 0.5) is 11.4 Å². The minimum absolute atomic E-state index is 0.250. The summed E-state index contributed by atoms with van der Waals surface area (Å²) >= 11 is 0. The number of nitrogen functional groups attached to an aromatic ring is 1. The summed E-state index contributed by atoms with van der Waals surface area (Å²) in [5.74, 6) is 0.0848. The Kier molecular flexibility index (Phi) is 2.87. The van der Waals surface area contributed by atoms with Crippen LogP contribution in [0.5, 0.6) is 0 Å². The van der Waals surface area contributed by atoms with Crippen molar-refractivity contribution < 1.29 is 9.21 Å².